The van der Waals surface area contributed by atoms with Crippen molar-refractivity contribution in [3.8, 4) is 5.75 Å². The zero-order valence-electron chi connectivity index (χ0n) is 17.2. The third-order valence-corrected chi connectivity index (χ3v) is 6.27. The molecule has 1 N–H and O–H groups in total. The van der Waals surface area contributed by atoms with Gasteiger partial charge in [0, 0.05) is 25.7 Å². The number of H-pyrrole nitrogens is 1. The van der Waals surface area contributed by atoms with Gasteiger partial charge in [0.2, 0.25) is 0 Å². The summed E-state index contributed by atoms with van der Waals surface area (Å²) < 4.78 is 20.9. The second-order valence-electron chi connectivity index (χ2n) is 8.19. The Morgan fingerprint density at radius 2 is 1.87 bits per heavy atom. The maximum atomic E-state index is 13.7. The van der Waals surface area contributed by atoms with Crippen molar-refractivity contribution in [2.24, 2.45) is 0 Å². The molecule has 31 heavy (non-hydrogen) atoms. The number of ether oxygens (including phenoxy) is 1. The number of aromatic nitrogens is 2. The van der Waals surface area contributed by atoms with E-state index in [1.807, 2.05) is 29.2 Å². The van der Waals surface area contributed by atoms with Crippen LogP contribution in [0, 0.1) is 5.82 Å². The zero-order chi connectivity index (χ0) is 21.4. The third-order valence-electron chi connectivity index (χ3n) is 6.27. The second-order valence-corrected chi connectivity index (χ2v) is 8.19. The summed E-state index contributed by atoms with van der Waals surface area (Å²) in [7, 11) is 0. The van der Waals surface area contributed by atoms with Crippen molar-refractivity contribution in [2.75, 3.05) is 37.7 Å². The Balaban J connectivity index is 1.18. The van der Waals surface area contributed by atoms with Crippen molar-refractivity contribution in [2.45, 2.75) is 25.3 Å². The fourth-order valence-electron chi connectivity index (χ4n) is 4.71. The van der Waals surface area contributed by atoms with Crippen LogP contribution >= 0.6 is 0 Å². The number of halogens is 1. The van der Waals surface area contributed by atoms with Crippen LogP contribution in [-0.4, -0.2) is 53.1 Å². The van der Waals surface area contributed by atoms with Crippen molar-refractivity contribution >= 4 is 22.6 Å². The van der Waals surface area contributed by atoms with Gasteiger partial charge in [-0.3, -0.25) is 9.36 Å². The second kappa shape index (κ2) is 8.19. The molecule has 0 bridgehead atoms. The van der Waals surface area contributed by atoms with Crippen LogP contribution in [0.5, 0.6) is 5.75 Å². The number of anilines is 1. The molecule has 0 saturated carbocycles. The van der Waals surface area contributed by atoms with Gasteiger partial charge < -0.3 is 19.5 Å². The Hall–Kier alpha value is -3.13. The van der Waals surface area contributed by atoms with Crippen molar-refractivity contribution in [1.29, 1.82) is 0 Å². The number of fused-ring (bicyclic) bond motifs is 2. The number of likely N-dealkylation sites (tertiary alicyclic amines) is 1. The summed E-state index contributed by atoms with van der Waals surface area (Å²) in [6, 6.07) is 12.1. The van der Waals surface area contributed by atoms with E-state index in [4.69, 9.17) is 4.74 Å². The van der Waals surface area contributed by atoms with E-state index in [-0.39, 0.29) is 30.1 Å². The van der Waals surface area contributed by atoms with E-state index in [0.29, 0.717) is 17.6 Å². The van der Waals surface area contributed by atoms with Gasteiger partial charge in [-0.15, -0.1) is 0 Å². The number of benzene rings is 2. The van der Waals surface area contributed by atoms with Crippen LogP contribution in [0.1, 0.15) is 25.3 Å². The average Bonchev–Trinajstić information content (AvgIpc) is 3.10. The molecule has 3 heterocycles. The Labute approximate surface area is 179 Å². The summed E-state index contributed by atoms with van der Waals surface area (Å²) in [5, 5.41) is 0. The first-order valence-electron chi connectivity index (χ1n) is 10.7. The smallest absolute Gasteiger partial charge is 0.326 e. The fourth-order valence-corrected chi connectivity index (χ4v) is 4.71. The van der Waals surface area contributed by atoms with Crippen LogP contribution in [0.25, 0.3) is 11.0 Å². The molecule has 2 aliphatic heterocycles. The highest BCUT2D eigenvalue weighted by Gasteiger charge is 2.26. The van der Waals surface area contributed by atoms with Gasteiger partial charge in [0.25, 0.3) is 5.91 Å². The largest absolute Gasteiger partial charge is 0.482 e. The van der Waals surface area contributed by atoms with Crippen molar-refractivity contribution in [1.82, 2.24) is 14.5 Å². The number of nitrogens with zero attached hydrogens (tertiary/aromatic N) is 3. The highest BCUT2D eigenvalue weighted by atomic mass is 19.1. The summed E-state index contributed by atoms with van der Waals surface area (Å²) in [5.74, 6) is 0.406. The molecule has 3 aromatic rings. The number of carbonyl (C=O) groups excluding carboxylic acids is 1. The molecule has 1 amide bonds. The lowest BCUT2D eigenvalue weighted by Crippen LogP contribution is -2.41. The number of imidazole rings is 1. The van der Waals surface area contributed by atoms with Gasteiger partial charge in [-0.2, -0.15) is 0 Å². The van der Waals surface area contributed by atoms with Crippen LogP contribution in [0.15, 0.2) is 47.3 Å². The molecule has 2 aromatic carbocycles. The van der Waals surface area contributed by atoms with Crippen molar-refractivity contribution in [3.05, 3.63) is 58.8 Å². The topological polar surface area (TPSA) is 70.6 Å². The number of carbonyl (C=O) groups is 1. The molecule has 0 radical (unpaired) electrons. The minimum absolute atomic E-state index is 0.0108. The summed E-state index contributed by atoms with van der Waals surface area (Å²) in [5.41, 5.74) is 1.96. The number of amides is 1. The van der Waals surface area contributed by atoms with Gasteiger partial charge >= 0.3 is 5.69 Å². The molecule has 0 unspecified atom stereocenters. The molecule has 7 nitrogen and oxygen atoms in total. The van der Waals surface area contributed by atoms with Crippen LogP contribution in [-0.2, 0) is 4.79 Å². The summed E-state index contributed by atoms with van der Waals surface area (Å²) in [4.78, 5) is 31.7. The number of aromatic amines is 1. The molecular formula is C23H25FN4O3. The maximum absolute atomic E-state index is 13.7. The molecule has 2 aliphatic rings. The first kappa shape index (κ1) is 19.8. The molecule has 5 rings (SSSR count). The van der Waals surface area contributed by atoms with E-state index in [2.05, 4.69) is 9.88 Å². The predicted molar refractivity (Wildman–Crippen MR) is 116 cm³/mol. The standard InChI is InChI=1S/C23H25FN4O3/c24-16-6-7-18-20(14-16)28(23(30)25-18)17-8-12-26(13-9-17)10-3-11-27-19-4-1-2-5-21(19)31-15-22(27)29/h1-2,4-7,14,17H,3,8-13,15H2,(H,25,30). The Bertz CT molecular complexity index is 1160. The molecule has 1 aromatic heterocycles. The van der Waals surface area contributed by atoms with E-state index in [1.54, 1.807) is 10.6 Å². The van der Waals surface area contributed by atoms with Crippen molar-refractivity contribution < 1.29 is 13.9 Å². The van der Waals surface area contributed by atoms with Gasteiger partial charge in [-0.1, -0.05) is 12.1 Å². The molecule has 0 atom stereocenters. The first-order valence-corrected chi connectivity index (χ1v) is 10.7. The average molecular weight is 424 g/mol. The van der Waals surface area contributed by atoms with E-state index in [1.165, 1.54) is 12.1 Å². The number of para-hydroxylation sites is 2. The molecule has 0 aliphatic carbocycles. The zero-order valence-corrected chi connectivity index (χ0v) is 17.2. The molecule has 1 saturated heterocycles. The summed E-state index contributed by atoms with van der Waals surface area (Å²) in [6.07, 6.45) is 2.54. The highest BCUT2D eigenvalue weighted by molar-refractivity contribution is 5.97. The number of rotatable bonds is 5. The van der Waals surface area contributed by atoms with Gasteiger partial charge in [-0.25, -0.2) is 9.18 Å². The number of hydrogen-bond donors (Lipinski definition) is 1. The molecular weight excluding hydrogens is 399 g/mol. The lowest BCUT2D eigenvalue weighted by molar-refractivity contribution is -0.121. The molecule has 1 fully saturated rings. The summed E-state index contributed by atoms with van der Waals surface area (Å²) in [6.45, 7) is 3.36. The van der Waals surface area contributed by atoms with Gasteiger partial charge in [0.15, 0.2) is 6.61 Å². The minimum Gasteiger partial charge on any atom is -0.482 e. The maximum Gasteiger partial charge on any atom is 0.326 e. The van der Waals surface area contributed by atoms with Gasteiger partial charge in [0.05, 0.1) is 16.7 Å². The van der Waals surface area contributed by atoms with Gasteiger partial charge in [-0.05, 0) is 56.1 Å². The van der Waals surface area contributed by atoms with E-state index >= 15 is 0 Å². The number of piperidine rings is 1. The van der Waals surface area contributed by atoms with E-state index in [9.17, 15) is 14.0 Å². The Morgan fingerprint density at radius 3 is 2.71 bits per heavy atom. The quantitative estimate of drug-likeness (QED) is 0.684. The van der Waals surface area contributed by atoms with Crippen molar-refractivity contribution in [3.63, 3.8) is 0 Å². The number of nitrogens with one attached hydrogen (secondary N) is 1. The van der Waals surface area contributed by atoms with Crippen LogP contribution in [0.2, 0.25) is 0 Å². The van der Waals surface area contributed by atoms with Gasteiger partial charge in [0.1, 0.15) is 11.6 Å². The van der Waals surface area contributed by atoms with E-state index in [0.717, 1.165) is 50.3 Å². The predicted octanol–water partition coefficient (Wildman–Crippen LogP) is 2.92. The monoisotopic (exact) mass is 424 g/mol. The highest BCUT2D eigenvalue weighted by Crippen LogP contribution is 2.31. The fraction of sp³-hybridized carbons (Fsp3) is 0.391. The SMILES string of the molecule is O=C1COc2ccccc2N1CCCN1CCC(n2c(=O)[nH]c3ccc(F)cc32)CC1. The lowest BCUT2D eigenvalue weighted by Gasteiger charge is -2.34. The number of hydrogen-bond acceptors (Lipinski definition) is 4. The van der Waals surface area contributed by atoms with Crippen LogP contribution in [0.4, 0.5) is 10.1 Å². The van der Waals surface area contributed by atoms with Crippen LogP contribution in [0.3, 0.4) is 0 Å². The normalized spacial score (nSPS) is 17.7. The molecule has 162 valence electrons. The Morgan fingerprint density at radius 1 is 1.06 bits per heavy atom. The minimum atomic E-state index is -0.336. The molecule has 8 heteroatoms. The molecule has 0 spiro atoms. The third kappa shape index (κ3) is 3.83. The summed E-state index contributed by atoms with van der Waals surface area (Å²) >= 11 is 0. The Kier molecular flexibility index (Phi) is 5.23. The lowest BCUT2D eigenvalue weighted by atomic mass is 10.0. The first-order chi connectivity index (χ1) is 15.1. The van der Waals surface area contributed by atoms with E-state index < -0.39 is 0 Å². The van der Waals surface area contributed by atoms with Crippen LogP contribution < -0.4 is 15.3 Å².